The van der Waals surface area contributed by atoms with Gasteiger partial charge in [0.15, 0.2) is 11.8 Å². The van der Waals surface area contributed by atoms with E-state index in [0.717, 1.165) is 11.6 Å². The molecular formula is C15H15N3O6. The fraction of sp³-hybridized carbons (Fsp3) is 0.200. The number of carboxylic acid groups (broad SMARTS) is 2. The number of carboxylic acids is 2. The van der Waals surface area contributed by atoms with Crippen LogP contribution in [0.1, 0.15) is 26.5 Å². The minimum atomic E-state index is -1.83. The summed E-state index contributed by atoms with van der Waals surface area (Å²) < 4.78 is 0. The highest BCUT2D eigenvalue weighted by atomic mass is 16.4. The summed E-state index contributed by atoms with van der Waals surface area (Å²) in [4.78, 5) is 33.9. The van der Waals surface area contributed by atoms with Crippen LogP contribution in [-0.4, -0.2) is 55.5 Å². The Bertz CT molecular complexity index is 743. The van der Waals surface area contributed by atoms with Crippen molar-refractivity contribution in [1.29, 1.82) is 0 Å². The normalized spacial score (nSPS) is 13.0. The van der Waals surface area contributed by atoms with Gasteiger partial charge < -0.3 is 20.6 Å². The highest BCUT2D eigenvalue weighted by molar-refractivity contribution is 5.95. The number of aliphatic hydroxyl groups is 1. The number of aliphatic carboxylic acids is 1. The summed E-state index contributed by atoms with van der Waals surface area (Å²) in [5.74, 6) is -3.56. The van der Waals surface area contributed by atoms with Crippen LogP contribution in [-0.2, 0) is 11.2 Å². The summed E-state index contributed by atoms with van der Waals surface area (Å²) in [5.41, 5.74) is 0.220. The van der Waals surface area contributed by atoms with Gasteiger partial charge in [-0.15, -0.1) is 0 Å². The number of benzene rings is 1. The second kappa shape index (κ2) is 7.38. The molecule has 1 amide bonds. The number of rotatable bonds is 7. The Morgan fingerprint density at radius 2 is 1.83 bits per heavy atom. The van der Waals surface area contributed by atoms with Crippen LogP contribution in [0.4, 0.5) is 0 Å². The van der Waals surface area contributed by atoms with Gasteiger partial charge in [-0.2, -0.15) is 5.10 Å². The quantitative estimate of drug-likeness (QED) is 0.474. The van der Waals surface area contributed by atoms with E-state index in [0.29, 0.717) is 0 Å². The molecule has 0 saturated carbocycles. The lowest BCUT2D eigenvalue weighted by atomic mass is 10.0. The Morgan fingerprint density at radius 1 is 1.17 bits per heavy atom. The topological polar surface area (TPSA) is 153 Å². The van der Waals surface area contributed by atoms with E-state index in [1.807, 2.05) is 0 Å². The van der Waals surface area contributed by atoms with Crippen molar-refractivity contribution in [3.8, 4) is 0 Å². The lowest BCUT2D eigenvalue weighted by molar-refractivity contribution is -0.148. The third-order valence-electron chi connectivity index (χ3n) is 3.29. The van der Waals surface area contributed by atoms with Crippen LogP contribution in [0.15, 0.2) is 36.4 Å². The molecule has 0 bridgehead atoms. The molecule has 2 rings (SSSR count). The smallest absolute Gasteiger partial charge is 0.353 e. The van der Waals surface area contributed by atoms with Gasteiger partial charge in [0.05, 0.1) is 6.04 Å². The van der Waals surface area contributed by atoms with Gasteiger partial charge in [0.25, 0.3) is 5.91 Å². The van der Waals surface area contributed by atoms with Crippen molar-refractivity contribution in [2.24, 2.45) is 0 Å². The molecule has 24 heavy (non-hydrogen) atoms. The molecule has 0 fully saturated rings. The number of hydrogen-bond acceptors (Lipinski definition) is 5. The first-order chi connectivity index (χ1) is 11.4. The van der Waals surface area contributed by atoms with E-state index < -0.39 is 30.0 Å². The fourth-order valence-corrected chi connectivity index (χ4v) is 2.07. The van der Waals surface area contributed by atoms with Crippen LogP contribution in [0.3, 0.4) is 0 Å². The van der Waals surface area contributed by atoms with Crippen LogP contribution >= 0.6 is 0 Å². The number of H-pyrrole nitrogens is 1. The van der Waals surface area contributed by atoms with Crippen molar-refractivity contribution in [2.75, 3.05) is 0 Å². The predicted octanol–water partition coefficient (Wildman–Crippen LogP) is -0.106. The van der Waals surface area contributed by atoms with Crippen LogP contribution in [0.2, 0.25) is 0 Å². The number of nitrogens with zero attached hydrogens (tertiary/aromatic N) is 1. The van der Waals surface area contributed by atoms with Gasteiger partial charge in [0.2, 0.25) is 0 Å². The number of carbonyl (C=O) groups is 3. The maximum atomic E-state index is 12.1. The molecule has 1 aromatic heterocycles. The number of hydrogen-bond donors (Lipinski definition) is 5. The molecule has 0 spiro atoms. The highest BCUT2D eigenvalue weighted by Crippen LogP contribution is 2.08. The van der Waals surface area contributed by atoms with Crippen molar-refractivity contribution < 1.29 is 29.7 Å². The van der Waals surface area contributed by atoms with E-state index in [-0.39, 0.29) is 17.8 Å². The average Bonchev–Trinajstić information content (AvgIpc) is 3.04. The first-order valence-electron chi connectivity index (χ1n) is 6.93. The number of aromatic amines is 1. The SMILES string of the molecule is O=C(N[C@H](Cc1ccccc1)[C@@H](O)C(=O)O)c1cc(C(=O)O)[nH]n1. The number of amides is 1. The maximum Gasteiger partial charge on any atom is 0.353 e. The molecule has 5 N–H and O–H groups in total. The van der Waals surface area contributed by atoms with E-state index in [1.165, 1.54) is 0 Å². The molecule has 0 aliphatic heterocycles. The van der Waals surface area contributed by atoms with Gasteiger partial charge in [-0.1, -0.05) is 30.3 Å². The molecule has 0 unspecified atom stereocenters. The van der Waals surface area contributed by atoms with Gasteiger partial charge in [0.1, 0.15) is 5.69 Å². The van der Waals surface area contributed by atoms with Gasteiger partial charge in [-0.25, -0.2) is 9.59 Å². The van der Waals surface area contributed by atoms with E-state index in [1.54, 1.807) is 30.3 Å². The molecule has 0 aliphatic rings. The lowest BCUT2D eigenvalue weighted by Crippen LogP contribution is -2.48. The second-order valence-electron chi connectivity index (χ2n) is 5.02. The third-order valence-corrected chi connectivity index (χ3v) is 3.29. The van der Waals surface area contributed by atoms with E-state index in [2.05, 4.69) is 15.5 Å². The summed E-state index contributed by atoms with van der Waals surface area (Å²) in [5, 5.41) is 35.7. The lowest BCUT2D eigenvalue weighted by Gasteiger charge is -2.21. The van der Waals surface area contributed by atoms with Crippen molar-refractivity contribution >= 4 is 17.8 Å². The van der Waals surface area contributed by atoms with Gasteiger partial charge >= 0.3 is 11.9 Å². The molecule has 9 heteroatoms. The van der Waals surface area contributed by atoms with E-state index in [4.69, 9.17) is 10.2 Å². The molecule has 9 nitrogen and oxygen atoms in total. The summed E-state index contributed by atoms with van der Waals surface area (Å²) in [6, 6.07) is 8.63. The summed E-state index contributed by atoms with van der Waals surface area (Å²) in [6.07, 6.45) is -1.75. The number of aromatic nitrogens is 2. The van der Waals surface area contributed by atoms with Crippen molar-refractivity contribution in [3.05, 3.63) is 53.3 Å². The number of aromatic carboxylic acids is 1. The number of aliphatic hydroxyl groups excluding tert-OH is 1. The van der Waals surface area contributed by atoms with Gasteiger partial charge in [-0.3, -0.25) is 9.89 Å². The number of nitrogens with one attached hydrogen (secondary N) is 2. The molecule has 1 heterocycles. The Morgan fingerprint density at radius 3 is 2.38 bits per heavy atom. The molecule has 0 radical (unpaired) electrons. The maximum absolute atomic E-state index is 12.1. The Hall–Kier alpha value is -3.20. The van der Waals surface area contributed by atoms with Crippen molar-refractivity contribution in [3.63, 3.8) is 0 Å². The zero-order valence-electron chi connectivity index (χ0n) is 12.3. The molecule has 1 aromatic carbocycles. The van der Waals surface area contributed by atoms with Crippen LogP contribution in [0, 0.1) is 0 Å². The Labute approximate surface area is 135 Å². The van der Waals surface area contributed by atoms with Crippen LogP contribution in [0.5, 0.6) is 0 Å². The van der Waals surface area contributed by atoms with Crippen LogP contribution in [0.25, 0.3) is 0 Å². The predicted molar refractivity (Wildman–Crippen MR) is 80.6 cm³/mol. The minimum absolute atomic E-state index is 0.0796. The molecular weight excluding hydrogens is 318 g/mol. The standard InChI is InChI=1S/C15H15N3O6/c19-12(15(23)24)9(6-8-4-2-1-3-5-8)16-13(20)10-7-11(14(21)22)18-17-10/h1-5,7,9,12,19H,6H2,(H,16,20)(H,17,18)(H,21,22)(H,23,24)/t9-,12-/m1/s1. The molecule has 2 atom stereocenters. The highest BCUT2D eigenvalue weighted by Gasteiger charge is 2.28. The van der Waals surface area contributed by atoms with Gasteiger partial charge in [0, 0.05) is 6.07 Å². The zero-order chi connectivity index (χ0) is 17.7. The third kappa shape index (κ3) is 4.17. The molecule has 0 saturated heterocycles. The van der Waals surface area contributed by atoms with Gasteiger partial charge in [-0.05, 0) is 12.0 Å². The first-order valence-corrected chi connectivity index (χ1v) is 6.93. The van der Waals surface area contributed by atoms with E-state index in [9.17, 15) is 19.5 Å². The monoisotopic (exact) mass is 333 g/mol. The largest absolute Gasteiger partial charge is 0.479 e. The summed E-state index contributed by atoms with van der Waals surface area (Å²) in [7, 11) is 0. The average molecular weight is 333 g/mol. The molecule has 0 aliphatic carbocycles. The summed E-state index contributed by atoms with van der Waals surface area (Å²) >= 11 is 0. The summed E-state index contributed by atoms with van der Waals surface area (Å²) in [6.45, 7) is 0. The Balaban J connectivity index is 2.15. The van der Waals surface area contributed by atoms with E-state index >= 15 is 0 Å². The second-order valence-corrected chi connectivity index (χ2v) is 5.02. The Kier molecular flexibility index (Phi) is 5.27. The number of carbonyl (C=O) groups excluding carboxylic acids is 1. The first kappa shape index (κ1) is 17.2. The zero-order valence-corrected chi connectivity index (χ0v) is 12.3. The van der Waals surface area contributed by atoms with Crippen LogP contribution < -0.4 is 5.32 Å². The molecule has 126 valence electrons. The fourth-order valence-electron chi connectivity index (χ4n) is 2.07. The van der Waals surface area contributed by atoms with Crippen molar-refractivity contribution in [1.82, 2.24) is 15.5 Å². The minimum Gasteiger partial charge on any atom is -0.479 e. The molecule has 2 aromatic rings. The van der Waals surface area contributed by atoms with Crippen molar-refractivity contribution in [2.45, 2.75) is 18.6 Å².